The van der Waals surface area contributed by atoms with Crippen molar-refractivity contribution in [3.63, 3.8) is 0 Å². The molecule has 0 fully saturated rings. The largest absolute Gasteiger partial charge is 0.356 e. The van der Waals surface area contributed by atoms with Gasteiger partial charge in [0, 0.05) is 11.4 Å². The molecule has 0 atom stereocenters. The average Bonchev–Trinajstić information content (AvgIpc) is 2.70. The molecule has 0 saturated heterocycles. The number of nitrogens with two attached hydrogens (primary N) is 1. The van der Waals surface area contributed by atoms with Crippen LogP contribution in [-0.4, -0.2) is 19.0 Å². The van der Waals surface area contributed by atoms with Gasteiger partial charge in [-0.25, -0.2) is 0 Å². The van der Waals surface area contributed by atoms with E-state index in [1.807, 2.05) is 17.5 Å². The van der Waals surface area contributed by atoms with Crippen LogP contribution in [0.1, 0.15) is 24.1 Å². The molecule has 0 spiro atoms. The molecule has 1 aromatic heterocycles. The second-order valence-corrected chi connectivity index (χ2v) is 4.49. The molecule has 3 nitrogen and oxygen atoms in total. The first-order valence-corrected chi connectivity index (χ1v) is 6.20. The van der Waals surface area contributed by atoms with Crippen LogP contribution in [0.2, 0.25) is 0 Å². The molecule has 0 bridgehead atoms. The van der Waals surface area contributed by atoms with Crippen LogP contribution in [0.3, 0.4) is 0 Å². The van der Waals surface area contributed by atoms with Gasteiger partial charge < -0.3 is 11.1 Å². The van der Waals surface area contributed by atoms with Gasteiger partial charge in [-0.15, -0.1) is 11.3 Å². The molecule has 0 unspecified atom stereocenters. The number of rotatable bonds is 7. The van der Waals surface area contributed by atoms with E-state index in [0.29, 0.717) is 6.42 Å². The number of hydrogen-bond donors (Lipinski definition) is 2. The standard InChI is InChI=1S/C11H18N2OS/c12-6-2-1-3-7-13-11(14)9-10-5-4-8-15-10/h4-5,8H,1-3,6-7,9,12H2,(H,13,14). The Kier molecular flexibility index (Phi) is 6.04. The van der Waals surface area contributed by atoms with Crippen LogP contribution in [0.5, 0.6) is 0 Å². The Bertz CT molecular complexity index is 272. The molecule has 84 valence electrons. The molecule has 0 aliphatic rings. The fraction of sp³-hybridized carbons (Fsp3) is 0.545. The molecule has 1 aromatic rings. The van der Waals surface area contributed by atoms with Crippen LogP contribution in [-0.2, 0) is 11.2 Å². The zero-order valence-corrected chi connectivity index (χ0v) is 9.69. The van der Waals surface area contributed by atoms with E-state index in [-0.39, 0.29) is 5.91 Å². The fourth-order valence-corrected chi connectivity index (χ4v) is 2.01. The van der Waals surface area contributed by atoms with Crippen molar-refractivity contribution >= 4 is 17.2 Å². The lowest BCUT2D eigenvalue weighted by molar-refractivity contribution is -0.120. The maximum absolute atomic E-state index is 11.4. The zero-order valence-electron chi connectivity index (χ0n) is 8.87. The lowest BCUT2D eigenvalue weighted by Gasteiger charge is -2.03. The van der Waals surface area contributed by atoms with E-state index in [1.54, 1.807) is 11.3 Å². The Morgan fingerprint density at radius 2 is 2.27 bits per heavy atom. The number of hydrogen-bond acceptors (Lipinski definition) is 3. The van der Waals surface area contributed by atoms with Crippen LogP contribution in [0.4, 0.5) is 0 Å². The zero-order chi connectivity index (χ0) is 10.9. The predicted octanol–water partition coefficient (Wildman–Crippen LogP) is 1.54. The lowest BCUT2D eigenvalue weighted by atomic mass is 10.2. The van der Waals surface area contributed by atoms with Crippen molar-refractivity contribution in [3.05, 3.63) is 22.4 Å². The first-order chi connectivity index (χ1) is 7.33. The van der Waals surface area contributed by atoms with Gasteiger partial charge in [-0.3, -0.25) is 4.79 Å². The van der Waals surface area contributed by atoms with Crippen molar-refractivity contribution in [2.75, 3.05) is 13.1 Å². The minimum Gasteiger partial charge on any atom is -0.356 e. The first-order valence-electron chi connectivity index (χ1n) is 5.32. The Balaban J connectivity index is 2.04. The summed E-state index contributed by atoms with van der Waals surface area (Å²) in [7, 11) is 0. The summed E-state index contributed by atoms with van der Waals surface area (Å²) in [4.78, 5) is 12.5. The highest BCUT2D eigenvalue weighted by Gasteiger charge is 2.02. The molecule has 15 heavy (non-hydrogen) atoms. The van der Waals surface area contributed by atoms with E-state index in [9.17, 15) is 4.79 Å². The van der Waals surface area contributed by atoms with Gasteiger partial charge in [0.1, 0.15) is 0 Å². The molecule has 1 amide bonds. The Morgan fingerprint density at radius 1 is 1.40 bits per heavy atom. The molecular weight excluding hydrogens is 208 g/mol. The minimum absolute atomic E-state index is 0.116. The van der Waals surface area contributed by atoms with Gasteiger partial charge >= 0.3 is 0 Å². The van der Waals surface area contributed by atoms with E-state index in [4.69, 9.17) is 5.73 Å². The molecule has 1 heterocycles. The number of unbranched alkanes of at least 4 members (excludes halogenated alkanes) is 2. The molecule has 0 radical (unpaired) electrons. The number of carbonyl (C=O) groups is 1. The van der Waals surface area contributed by atoms with Gasteiger partial charge in [-0.05, 0) is 30.8 Å². The average molecular weight is 226 g/mol. The SMILES string of the molecule is NCCCCCNC(=O)Cc1cccs1. The highest BCUT2D eigenvalue weighted by atomic mass is 32.1. The summed E-state index contributed by atoms with van der Waals surface area (Å²) in [5, 5.41) is 4.90. The van der Waals surface area contributed by atoms with Crippen molar-refractivity contribution in [2.24, 2.45) is 5.73 Å². The first kappa shape index (κ1) is 12.2. The van der Waals surface area contributed by atoms with E-state index >= 15 is 0 Å². The monoisotopic (exact) mass is 226 g/mol. The van der Waals surface area contributed by atoms with E-state index in [2.05, 4.69) is 5.32 Å². The molecule has 0 aliphatic carbocycles. The normalized spacial score (nSPS) is 10.2. The topological polar surface area (TPSA) is 55.1 Å². The van der Waals surface area contributed by atoms with E-state index < -0.39 is 0 Å². The van der Waals surface area contributed by atoms with Crippen molar-refractivity contribution in [1.82, 2.24) is 5.32 Å². The summed E-state index contributed by atoms with van der Waals surface area (Å²) in [5.74, 6) is 0.116. The van der Waals surface area contributed by atoms with Gasteiger partial charge in [0.15, 0.2) is 0 Å². The van der Waals surface area contributed by atoms with Crippen molar-refractivity contribution in [1.29, 1.82) is 0 Å². The second kappa shape index (κ2) is 7.43. The minimum atomic E-state index is 0.116. The molecule has 0 aliphatic heterocycles. The molecular formula is C11H18N2OS. The van der Waals surface area contributed by atoms with Gasteiger partial charge in [0.05, 0.1) is 6.42 Å². The third-order valence-electron chi connectivity index (χ3n) is 2.12. The van der Waals surface area contributed by atoms with Crippen molar-refractivity contribution in [3.8, 4) is 0 Å². The number of carbonyl (C=O) groups excluding carboxylic acids is 1. The Morgan fingerprint density at radius 3 is 2.93 bits per heavy atom. The summed E-state index contributed by atoms with van der Waals surface area (Å²) in [6.45, 7) is 1.51. The van der Waals surface area contributed by atoms with Crippen LogP contribution >= 0.6 is 11.3 Å². The maximum Gasteiger partial charge on any atom is 0.225 e. The van der Waals surface area contributed by atoms with Crippen molar-refractivity contribution in [2.45, 2.75) is 25.7 Å². The van der Waals surface area contributed by atoms with Crippen LogP contribution < -0.4 is 11.1 Å². The lowest BCUT2D eigenvalue weighted by Crippen LogP contribution is -2.25. The maximum atomic E-state index is 11.4. The predicted molar refractivity (Wildman–Crippen MR) is 63.9 cm³/mol. The van der Waals surface area contributed by atoms with Crippen LogP contribution in [0.25, 0.3) is 0 Å². The van der Waals surface area contributed by atoms with Gasteiger partial charge in [0.2, 0.25) is 5.91 Å². The summed E-state index contributed by atoms with van der Waals surface area (Å²) in [6, 6.07) is 3.95. The molecule has 1 rings (SSSR count). The number of thiophene rings is 1. The van der Waals surface area contributed by atoms with Gasteiger partial charge in [-0.1, -0.05) is 12.5 Å². The molecule has 3 N–H and O–H groups in total. The third-order valence-corrected chi connectivity index (χ3v) is 2.99. The van der Waals surface area contributed by atoms with Gasteiger partial charge in [-0.2, -0.15) is 0 Å². The summed E-state index contributed by atoms with van der Waals surface area (Å²) >= 11 is 1.62. The second-order valence-electron chi connectivity index (χ2n) is 3.46. The van der Waals surface area contributed by atoms with Crippen molar-refractivity contribution < 1.29 is 4.79 Å². The highest BCUT2D eigenvalue weighted by molar-refractivity contribution is 7.10. The van der Waals surface area contributed by atoms with E-state index in [0.717, 1.165) is 37.2 Å². The summed E-state index contributed by atoms with van der Waals surface area (Å²) in [5.41, 5.74) is 5.37. The number of nitrogens with one attached hydrogen (secondary N) is 1. The fourth-order valence-electron chi connectivity index (χ4n) is 1.31. The quantitative estimate of drug-likeness (QED) is 0.693. The number of amides is 1. The molecule has 0 aromatic carbocycles. The Labute approximate surface area is 94.7 Å². The van der Waals surface area contributed by atoms with E-state index in [1.165, 1.54) is 0 Å². The summed E-state index contributed by atoms with van der Waals surface area (Å²) in [6.07, 6.45) is 3.67. The highest BCUT2D eigenvalue weighted by Crippen LogP contribution is 2.08. The van der Waals surface area contributed by atoms with Crippen LogP contribution in [0, 0.1) is 0 Å². The van der Waals surface area contributed by atoms with Gasteiger partial charge in [0.25, 0.3) is 0 Å². The smallest absolute Gasteiger partial charge is 0.225 e. The third kappa shape index (κ3) is 5.54. The Hall–Kier alpha value is -0.870. The summed E-state index contributed by atoms with van der Waals surface area (Å²) < 4.78 is 0. The molecule has 0 saturated carbocycles. The van der Waals surface area contributed by atoms with Crippen LogP contribution in [0.15, 0.2) is 17.5 Å². The molecule has 4 heteroatoms.